The van der Waals surface area contributed by atoms with Gasteiger partial charge in [-0.05, 0) is 24.3 Å². The second-order valence-electron chi connectivity index (χ2n) is 7.21. The van der Waals surface area contributed by atoms with Gasteiger partial charge in [-0.25, -0.2) is 0 Å². The van der Waals surface area contributed by atoms with Crippen molar-refractivity contribution in [3.8, 4) is 0 Å². The SMILES string of the molecule is O=C(C[N+]12CCN(CC1)CC2)Nc1ccc(N2CCOCC2)cc1. The Bertz CT molecular complexity index is 561. The van der Waals surface area contributed by atoms with Gasteiger partial charge in [0, 0.05) is 44.1 Å². The molecule has 2 bridgehead atoms. The van der Waals surface area contributed by atoms with E-state index in [0.717, 1.165) is 75.7 Å². The van der Waals surface area contributed by atoms with Gasteiger partial charge in [0.2, 0.25) is 0 Å². The van der Waals surface area contributed by atoms with Crippen molar-refractivity contribution in [1.82, 2.24) is 4.90 Å². The molecule has 6 nitrogen and oxygen atoms in total. The quantitative estimate of drug-likeness (QED) is 0.821. The van der Waals surface area contributed by atoms with Crippen LogP contribution in [-0.2, 0) is 9.53 Å². The highest BCUT2D eigenvalue weighted by molar-refractivity contribution is 5.91. The molecule has 0 aliphatic carbocycles. The summed E-state index contributed by atoms with van der Waals surface area (Å²) in [5.41, 5.74) is 2.09. The average Bonchev–Trinajstić information content (AvgIpc) is 2.64. The fourth-order valence-corrected chi connectivity index (χ4v) is 4.05. The first-order valence-corrected chi connectivity index (χ1v) is 9.03. The zero-order valence-electron chi connectivity index (χ0n) is 14.2. The summed E-state index contributed by atoms with van der Waals surface area (Å²) in [6.07, 6.45) is 0. The van der Waals surface area contributed by atoms with Crippen LogP contribution in [0.4, 0.5) is 11.4 Å². The van der Waals surface area contributed by atoms with Gasteiger partial charge < -0.3 is 19.4 Å². The molecule has 0 saturated carbocycles. The normalized spacial score (nSPS) is 29.5. The third-order valence-electron chi connectivity index (χ3n) is 5.68. The Kier molecular flexibility index (Phi) is 4.43. The summed E-state index contributed by atoms with van der Waals surface area (Å²) in [4.78, 5) is 17.3. The summed E-state index contributed by atoms with van der Waals surface area (Å²) in [5.74, 6) is 0.143. The summed E-state index contributed by atoms with van der Waals surface area (Å²) in [7, 11) is 0. The van der Waals surface area contributed by atoms with Gasteiger partial charge in [-0.1, -0.05) is 0 Å². The van der Waals surface area contributed by atoms with Crippen LogP contribution in [0.2, 0.25) is 0 Å². The van der Waals surface area contributed by atoms with Crippen LogP contribution in [0.5, 0.6) is 0 Å². The number of hydrogen-bond acceptors (Lipinski definition) is 4. The second-order valence-corrected chi connectivity index (χ2v) is 7.21. The van der Waals surface area contributed by atoms with Gasteiger partial charge in [-0.3, -0.25) is 9.69 Å². The summed E-state index contributed by atoms with van der Waals surface area (Å²) < 4.78 is 6.36. The summed E-state index contributed by atoms with van der Waals surface area (Å²) >= 11 is 0. The number of benzene rings is 1. The molecule has 4 aliphatic heterocycles. The monoisotopic (exact) mass is 331 g/mol. The first-order valence-electron chi connectivity index (χ1n) is 9.03. The molecule has 0 aromatic heterocycles. The average molecular weight is 331 g/mol. The Labute approximate surface area is 143 Å². The minimum atomic E-state index is 0.143. The minimum absolute atomic E-state index is 0.143. The molecule has 4 aliphatic rings. The van der Waals surface area contributed by atoms with Crippen molar-refractivity contribution in [3.63, 3.8) is 0 Å². The number of nitrogens with one attached hydrogen (secondary N) is 1. The number of amides is 1. The third kappa shape index (κ3) is 3.41. The molecule has 1 aromatic carbocycles. The zero-order valence-corrected chi connectivity index (χ0v) is 14.2. The second kappa shape index (κ2) is 6.70. The van der Waals surface area contributed by atoms with Crippen molar-refractivity contribution in [3.05, 3.63) is 24.3 Å². The number of anilines is 2. The molecule has 1 amide bonds. The van der Waals surface area contributed by atoms with Gasteiger partial charge in [-0.15, -0.1) is 0 Å². The van der Waals surface area contributed by atoms with Gasteiger partial charge in [0.15, 0.2) is 6.54 Å². The Morgan fingerprint density at radius 3 is 2.25 bits per heavy atom. The van der Waals surface area contributed by atoms with E-state index in [9.17, 15) is 4.79 Å². The van der Waals surface area contributed by atoms with Gasteiger partial charge in [-0.2, -0.15) is 0 Å². The molecule has 0 unspecified atom stereocenters. The van der Waals surface area contributed by atoms with Crippen LogP contribution in [0.3, 0.4) is 0 Å². The molecule has 4 heterocycles. The topological polar surface area (TPSA) is 44.8 Å². The molecular weight excluding hydrogens is 304 g/mol. The van der Waals surface area contributed by atoms with E-state index in [2.05, 4.69) is 27.2 Å². The van der Waals surface area contributed by atoms with Crippen LogP contribution in [0.25, 0.3) is 0 Å². The lowest BCUT2D eigenvalue weighted by Crippen LogP contribution is -2.68. The van der Waals surface area contributed by atoms with E-state index in [1.54, 1.807) is 0 Å². The number of nitrogens with zero attached hydrogens (tertiary/aromatic N) is 3. The maximum atomic E-state index is 12.5. The molecule has 0 radical (unpaired) electrons. The number of rotatable bonds is 4. The Morgan fingerprint density at radius 1 is 1.00 bits per heavy atom. The molecule has 6 heteroatoms. The summed E-state index contributed by atoms with van der Waals surface area (Å²) in [5, 5.41) is 3.08. The van der Waals surface area contributed by atoms with Gasteiger partial charge in [0.1, 0.15) is 0 Å². The molecule has 1 aromatic rings. The van der Waals surface area contributed by atoms with E-state index < -0.39 is 0 Å². The van der Waals surface area contributed by atoms with Crippen LogP contribution < -0.4 is 10.2 Å². The first kappa shape index (κ1) is 15.9. The fourth-order valence-electron chi connectivity index (χ4n) is 4.05. The number of morpholine rings is 1. The Balaban J connectivity index is 1.33. The number of hydrogen-bond donors (Lipinski definition) is 1. The van der Waals surface area contributed by atoms with Crippen LogP contribution in [-0.4, -0.2) is 87.4 Å². The fraction of sp³-hybridized carbons (Fsp3) is 0.611. The van der Waals surface area contributed by atoms with Crippen LogP contribution in [0.15, 0.2) is 24.3 Å². The number of piperazine rings is 3. The van der Waals surface area contributed by atoms with E-state index in [4.69, 9.17) is 4.74 Å². The molecule has 0 atom stereocenters. The van der Waals surface area contributed by atoms with Crippen molar-refractivity contribution < 1.29 is 14.0 Å². The molecule has 5 rings (SSSR count). The largest absolute Gasteiger partial charge is 0.378 e. The molecule has 24 heavy (non-hydrogen) atoms. The molecule has 1 N–H and O–H groups in total. The lowest BCUT2D eigenvalue weighted by Gasteiger charge is -2.50. The molecule has 0 spiro atoms. The van der Waals surface area contributed by atoms with Crippen LogP contribution in [0.1, 0.15) is 0 Å². The van der Waals surface area contributed by atoms with E-state index in [1.807, 2.05) is 12.1 Å². The van der Waals surface area contributed by atoms with Crippen LogP contribution >= 0.6 is 0 Å². The van der Waals surface area contributed by atoms with Crippen molar-refractivity contribution in [2.45, 2.75) is 0 Å². The van der Waals surface area contributed by atoms with E-state index in [-0.39, 0.29) is 5.91 Å². The zero-order chi connectivity index (χ0) is 16.4. The number of fused-ring (bicyclic) bond motifs is 3. The van der Waals surface area contributed by atoms with E-state index in [1.165, 1.54) is 5.69 Å². The van der Waals surface area contributed by atoms with Gasteiger partial charge in [0.25, 0.3) is 5.91 Å². The molecule has 130 valence electrons. The van der Waals surface area contributed by atoms with E-state index in [0.29, 0.717) is 6.54 Å². The highest BCUT2D eigenvalue weighted by atomic mass is 16.5. The standard InChI is InChI=1S/C18H26N4O2/c23-18(15-22-10-5-20(6-11-22)7-12-22)19-16-1-3-17(4-2-16)21-8-13-24-14-9-21/h1-4H,5-15H2/p+1. The lowest BCUT2D eigenvalue weighted by atomic mass is 10.1. The number of carbonyl (C=O) groups excluding carboxylic acids is 1. The Hall–Kier alpha value is -1.63. The number of carbonyl (C=O) groups is 1. The highest BCUT2D eigenvalue weighted by Gasteiger charge is 2.39. The first-order chi connectivity index (χ1) is 11.7. The maximum absolute atomic E-state index is 12.5. The molecule has 4 fully saturated rings. The Morgan fingerprint density at radius 2 is 1.62 bits per heavy atom. The van der Waals surface area contributed by atoms with Crippen molar-refractivity contribution >= 4 is 17.3 Å². The van der Waals surface area contributed by atoms with Crippen molar-refractivity contribution in [2.24, 2.45) is 0 Å². The molecular formula is C18H27N4O2+. The smallest absolute Gasteiger partial charge is 0.279 e. The number of quaternary nitrogens is 1. The lowest BCUT2D eigenvalue weighted by molar-refractivity contribution is -0.933. The minimum Gasteiger partial charge on any atom is -0.378 e. The van der Waals surface area contributed by atoms with Crippen molar-refractivity contribution in [1.29, 1.82) is 0 Å². The van der Waals surface area contributed by atoms with Crippen molar-refractivity contribution in [2.75, 3.05) is 82.3 Å². The van der Waals surface area contributed by atoms with Gasteiger partial charge >= 0.3 is 0 Å². The van der Waals surface area contributed by atoms with Crippen LogP contribution in [0, 0.1) is 0 Å². The molecule has 4 saturated heterocycles. The predicted octanol–water partition coefficient (Wildman–Crippen LogP) is 0.608. The highest BCUT2D eigenvalue weighted by Crippen LogP contribution is 2.21. The number of ether oxygens (including phenoxy) is 1. The predicted molar refractivity (Wildman–Crippen MR) is 94.3 cm³/mol. The summed E-state index contributed by atoms with van der Waals surface area (Å²) in [6, 6.07) is 8.20. The maximum Gasteiger partial charge on any atom is 0.279 e. The van der Waals surface area contributed by atoms with Gasteiger partial charge in [0.05, 0.1) is 32.8 Å². The van der Waals surface area contributed by atoms with E-state index >= 15 is 0 Å². The third-order valence-corrected chi connectivity index (χ3v) is 5.68. The summed E-state index contributed by atoms with van der Waals surface area (Å²) in [6.45, 7) is 10.8.